The molecule has 1 aromatic heterocycles. The number of imidazole rings is 1. The molecular formula is C13H24N4O. The molecule has 1 saturated heterocycles. The number of aromatic nitrogens is 2. The van der Waals surface area contributed by atoms with Crippen LogP contribution in [0.3, 0.4) is 0 Å². The number of hydrogen-bond donors (Lipinski definition) is 1. The highest BCUT2D eigenvalue weighted by atomic mass is 16.5. The maximum atomic E-state index is 6.49. The second-order valence-corrected chi connectivity index (χ2v) is 5.18. The van der Waals surface area contributed by atoms with Crippen LogP contribution >= 0.6 is 0 Å². The minimum absolute atomic E-state index is 0.0666. The zero-order valence-electron chi connectivity index (χ0n) is 11.6. The molecule has 0 bridgehead atoms. The third kappa shape index (κ3) is 2.30. The summed E-state index contributed by atoms with van der Waals surface area (Å²) >= 11 is 0. The fourth-order valence-corrected chi connectivity index (χ4v) is 2.67. The van der Waals surface area contributed by atoms with E-state index in [2.05, 4.69) is 23.7 Å². The SMILES string of the molecule is CCC(C)(C(N)c1nccn1C)N1CCOCC1. The van der Waals surface area contributed by atoms with Crippen LogP contribution in [0.1, 0.15) is 32.1 Å². The van der Waals surface area contributed by atoms with E-state index in [1.54, 1.807) is 0 Å². The van der Waals surface area contributed by atoms with Crippen molar-refractivity contribution < 1.29 is 4.74 Å². The van der Waals surface area contributed by atoms with Crippen LogP contribution in [0.15, 0.2) is 12.4 Å². The molecule has 2 N–H and O–H groups in total. The number of ether oxygens (including phenoxy) is 1. The van der Waals surface area contributed by atoms with Crippen LogP contribution in [-0.2, 0) is 11.8 Å². The molecule has 0 saturated carbocycles. The normalized spacial score (nSPS) is 22.7. The van der Waals surface area contributed by atoms with Crippen molar-refractivity contribution >= 4 is 0 Å². The van der Waals surface area contributed by atoms with Crippen LogP contribution in [0.25, 0.3) is 0 Å². The van der Waals surface area contributed by atoms with Gasteiger partial charge in [-0.3, -0.25) is 4.90 Å². The predicted molar refractivity (Wildman–Crippen MR) is 71.2 cm³/mol. The summed E-state index contributed by atoms with van der Waals surface area (Å²) in [6.45, 7) is 7.91. The second kappa shape index (κ2) is 5.38. The van der Waals surface area contributed by atoms with Gasteiger partial charge in [0.2, 0.25) is 0 Å². The molecule has 1 aromatic rings. The monoisotopic (exact) mass is 252 g/mol. The molecule has 0 amide bonds. The lowest BCUT2D eigenvalue weighted by molar-refractivity contribution is -0.0290. The fourth-order valence-electron chi connectivity index (χ4n) is 2.67. The lowest BCUT2D eigenvalue weighted by Crippen LogP contribution is -2.57. The standard InChI is InChI=1S/C13H24N4O/c1-4-13(2,17-7-9-18-10-8-17)11(14)12-15-5-6-16(12)3/h5-6,11H,4,7-10,14H2,1-3H3. The Morgan fingerprint density at radius 1 is 1.50 bits per heavy atom. The van der Waals surface area contributed by atoms with Crippen LogP contribution in [0, 0.1) is 0 Å². The number of rotatable bonds is 4. The zero-order valence-corrected chi connectivity index (χ0v) is 11.6. The van der Waals surface area contributed by atoms with E-state index in [9.17, 15) is 0 Å². The summed E-state index contributed by atoms with van der Waals surface area (Å²) < 4.78 is 7.44. The molecule has 5 nitrogen and oxygen atoms in total. The lowest BCUT2D eigenvalue weighted by atomic mass is 9.86. The molecular weight excluding hydrogens is 228 g/mol. The van der Waals surface area contributed by atoms with Crippen molar-refractivity contribution in [2.45, 2.75) is 31.8 Å². The number of morpholine rings is 1. The minimum Gasteiger partial charge on any atom is -0.379 e. The Morgan fingerprint density at radius 2 is 2.17 bits per heavy atom. The third-order valence-corrected chi connectivity index (χ3v) is 4.26. The van der Waals surface area contributed by atoms with Gasteiger partial charge in [-0.1, -0.05) is 6.92 Å². The predicted octanol–water partition coefficient (Wildman–Crippen LogP) is 0.921. The number of hydrogen-bond acceptors (Lipinski definition) is 4. The Morgan fingerprint density at radius 3 is 2.67 bits per heavy atom. The van der Waals surface area contributed by atoms with Crippen molar-refractivity contribution in [3.8, 4) is 0 Å². The Hall–Kier alpha value is -0.910. The first-order chi connectivity index (χ1) is 8.59. The summed E-state index contributed by atoms with van der Waals surface area (Å²) in [5, 5.41) is 0. The summed E-state index contributed by atoms with van der Waals surface area (Å²) in [5.74, 6) is 0.950. The molecule has 1 aliphatic heterocycles. The van der Waals surface area contributed by atoms with Gasteiger partial charge in [0.15, 0.2) is 0 Å². The number of aryl methyl sites for hydroxylation is 1. The average molecular weight is 252 g/mol. The van der Waals surface area contributed by atoms with Gasteiger partial charge in [0.05, 0.1) is 19.3 Å². The molecule has 1 fully saturated rings. The Labute approximate surface area is 109 Å². The number of nitrogens with zero attached hydrogens (tertiary/aromatic N) is 3. The van der Waals surface area contributed by atoms with E-state index in [1.807, 2.05) is 24.0 Å². The van der Waals surface area contributed by atoms with Crippen LogP contribution in [0.2, 0.25) is 0 Å². The van der Waals surface area contributed by atoms with Gasteiger partial charge in [-0.2, -0.15) is 0 Å². The molecule has 1 aliphatic rings. The maximum Gasteiger partial charge on any atom is 0.127 e. The van der Waals surface area contributed by atoms with Gasteiger partial charge >= 0.3 is 0 Å². The van der Waals surface area contributed by atoms with Crippen molar-refractivity contribution in [2.75, 3.05) is 26.3 Å². The fraction of sp³-hybridized carbons (Fsp3) is 0.769. The smallest absolute Gasteiger partial charge is 0.127 e. The van der Waals surface area contributed by atoms with E-state index < -0.39 is 0 Å². The molecule has 2 heterocycles. The number of nitrogens with two attached hydrogens (primary N) is 1. The largest absolute Gasteiger partial charge is 0.379 e. The van der Waals surface area contributed by atoms with E-state index in [4.69, 9.17) is 10.5 Å². The molecule has 2 rings (SSSR count). The Kier molecular flexibility index (Phi) is 4.04. The van der Waals surface area contributed by atoms with Crippen LogP contribution < -0.4 is 5.73 Å². The molecule has 5 heteroatoms. The maximum absolute atomic E-state index is 6.49. The third-order valence-electron chi connectivity index (χ3n) is 4.26. The van der Waals surface area contributed by atoms with Crippen LogP contribution in [0.5, 0.6) is 0 Å². The van der Waals surface area contributed by atoms with Gasteiger partial charge in [-0.25, -0.2) is 4.98 Å². The molecule has 2 unspecified atom stereocenters. The van der Waals surface area contributed by atoms with Gasteiger partial charge in [0.1, 0.15) is 5.82 Å². The van der Waals surface area contributed by atoms with Gasteiger partial charge in [0, 0.05) is 38.1 Å². The highest BCUT2D eigenvalue weighted by molar-refractivity contribution is 5.08. The first-order valence-corrected chi connectivity index (χ1v) is 6.65. The quantitative estimate of drug-likeness (QED) is 0.866. The van der Waals surface area contributed by atoms with Gasteiger partial charge < -0.3 is 15.0 Å². The van der Waals surface area contributed by atoms with Gasteiger partial charge in [0.25, 0.3) is 0 Å². The van der Waals surface area contributed by atoms with Crippen LogP contribution in [0.4, 0.5) is 0 Å². The second-order valence-electron chi connectivity index (χ2n) is 5.18. The molecule has 18 heavy (non-hydrogen) atoms. The average Bonchev–Trinajstić information content (AvgIpc) is 2.84. The van der Waals surface area contributed by atoms with E-state index in [0.29, 0.717) is 0 Å². The van der Waals surface area contributed by atoms with Gasteiger partial charge in [-0.05, 0) is 13.3 Å². The summed E-state index contributed by atoms with van der Waals surface area (Å²) in [4.78, 5) is 6.84. The van der Waals surface area contributed by atoms with E-state index >= 15 is 0 Å². The molecule has 102 valence electrons. The molecule has 0 spiro atoms. The molecule has 2 atom stereocenters. The summed E-state index contributed by atoms with van der Waals surface area (Å²) in [6.07, 6.45) is 4.76. The molecule has 0 aromatic carbocycles. The topological polar surface area (TPSA) is 56.3 Å². The minimum atomic E-state index is -0.0828. The first kappa shape index (κ1) is 13.5. The summed E-state index contributed by atoms with van der Waals surface area (Å²) in [6, 6.07) is -0.0828. The summed E-state index contributed by atoms with van der Waals surface area (Å²) in [7, 11) is 2.00. The van der Waals surface area contributed by atoms with Crippen molar-refractivity contribution in [2.24, 2.45) is 12.8 Å². The van der Waals surface area contributed by atoms with Crippen molar-refractivity contribution in [1.29, 1.82) is 0 Å². The van der Waals surface area contributed by atoms with Crippen molar-refractivity contribution in [1.82, 2.24) is 14.5 Å². The van der Waals surface area contributed by atoms with Crippen molar-refractivity contribution in [3.05, 3.63) is 18.2 Å². The Balaban J connectivity index is 2.22. The first-order valence-electron chi connectivity index (χ1n) is 6.65. The highest BCUT2D eigenvalue weighted by Gasteiger charge is 2.39. The highest BCUT2D eigenvalue weighted by Crippen LogP contribution is 2.32. The van der Waals surface area contributed by atoms with Gasteiger partial charge in [-0.15, -0.1) is 0 Å². The lowest BCUT2D eigenvalue weighted by Gasteiger charge is -2.46. The Bertz CT molecular complexity index is 386. The van der Waals surface area contributed by atoms with Crippen LogP contribution in [-0.4, -0.2) is 46.3 Å². The van der Waals surface area contributed by atoms with E-state index in [-0.39, 0.29) is 11.6 Å². The zero-order chi connectivity index (χ0) is 13.2. The van der Waals surface area contributed by atoms with E-state index in [1.165, 1.54) is 0 Å². The summed E-state index contributed by atoms with van der Waals surface area (Å²) in [5.41, 5.74) is 6.43. The molecule has 0 radical (unpaired) electrons. The van der Waals surface area contributed by atoms with Crippen molar-refractivity contribution in [3.63, 3.8) is 0 Å². The van der Waals surface area contributed by atoms with E-state index in [0.717, 1.165) is 38.5 Å². The molecule has 0 aliphatic carbocycles.